The Morgan fingerprint density at radius 2 is 1.50 bits per heavy atom. The molecule has 0 unspecified atom stereocenters. The Labute approximate surface area is 161 Å². The lowest BCUT2D eigenvalue weighted by molar-refractivity contribution is -0.187. The summed E-state index contributed by atoms with van der Waals surface area (Å²) in [6.07, 6.45) is 0.741. The number of para-hydroxylation sites is 1. The largest absolute Gasteiger partial charge is 0.511 e. The highest BCUT2D eigenvalue weighted by Crippen LogP contribution is 2.19. The molecule has 0 spiro atoms. The Morgan fingerprint density at radius 1 is 0.821 bits per heavy atom. The van der Waals surface area contributed by atoms with Gasteiger partial charge in [-0.25, -0.2) is 24.2 Å². The molecule has 0 atom stereocenters. The molecule has 0 N–H and O–H groups in total. The van der Waals surface area contributed by atoms with Crippen molar-refractivity contribution in [2.75, 3.05) is 13.4 Å². The number of carbonyl (C=O) groups is 3. The molecule has 2 aromatic carbocycles. The van der Waals surface area contributed by atoms with Gasteiger partial charge < -0.3 is 14.2 Å². The summed E-state index contributed by atoms with van der Waals surface area (Å²) in [6, 6.07) is 14.1. The van der Waals surface area contributed by atoms with Crippen LogP contribution in [0.2, 0.25) is 0 Å². The molecule has 0 amide bonds. The summed E-state index contributed by atoms with van der Waals surface area (Å²) in [4.78, 5) is 44.5. The van der Waals surface area contributed by atoms with Crippen LogP contribution in [0, 0.1) is 0 Å². The van der Waals surface area contributed by atoms with Gasteiger partial charge in [-0.3, -0.25) is 0 Å². The van der Waals surface area contributed by atoms with E-state index in [9.17, 15) is 14.4 Å². The molecule has 148 valence electrons. The van der Waals surface area contributed by atoms with E-state index in [-0.39, 0.29) is 23.5 Å². The molecule has 2 rings (SSSR count). The van der Waals surface area contributed by atoms with Gasteiger partial charge in [-0.05, 0) is 30.7 Å². The van der Waals surface area contributed by atoms with E-state index >= 15 is 0 Å². The molecular formula is C20H20O8. The van der Waals surface area contributed by atoms with Crippen molar-refractivity contribution in [3.05, 3.63) is 65.7 Å². The molecule has 0 saturated carbocycles. The molecule has 0 aliphatic heterocycles. The van der Waals surface area contributed by atoms with Gasteiger partial charge in [0.25, 0.3) is 0 Å². The summed E-state index contributed by atoms with van der Waals surface area (Å²) >= 11 is 0. The van der Waals surface area contributed by atoms with Crippen LogP contribution >= 0.6 is 0 Å². The molecule has 0 heterocycles. The number of rotatable bonds is 8. The molecule has 0 radical (unpaired) electrons. The quantitative estimate of drug-likeness (QED) is 0.221. The topological polar surface area (TPSA) is 97.4 Å². The second-order valence-electron chi connectivity index (χ2n) is 5.46. The van der Waals surface area contributed by atoms with Crippen molar-refractivity contribution in [3.8, 4) is 5.75 Å². The van der Waals surface area contributed by atoms with Gasteiger partial charge in [0.1, 0.15) is 11.3 Å². The van der Waals surface area contributed by atoms with Gasteiger partial charge in [0, 0.05) is 0 Å². The van der Waals surface area contributed by atoms with Crippen LogP contribution in [0.5, 0.6) is 5.75 Å². The molecule has 0 fully saturated rings. The zero-order valence-corrected chi connectivity index (χ0v) is 15.3. The smallest absolute Gasteiger partial charge is 0.456 e. The second kappa shape index (κ2) is 11.2. The third kappa shape index (κ3) is 6.64. The monoisotopic (exact) mass is 388 g/mol. The van der Waals surface area contributed by atoms with E-state index in [1.165, 1.54) is 24.3 Å². The van der Waals surface area contributed by atoms with Gasteiger partial charge in [-0.1, -0.05) is 43.7 Å². The number of hydrogen-bond acceptors (Lipinski definition) is 8. The Balaban J connectivity index is 1.85. The summed E-state index contributed by atoms with van der Waals surface area (Å²) in [5.41, 5.74) is 0.223. The SMILES string of the molecule is CCCCOC(=O)OCOc1ccccc1C(=O)OOC(=O)c1ccccc1. The van der Waals surface area contributed by atoms with E-state index in [2.05, 4.69) is 9.78 Å². The molecule has 28 heavy (non-hydrogen) atoms. The first-order chi connectivity index (χ1) is 13.6. The van der Waals surface area contributed by atoms with Crippen LogP contribution in [0.3, 0.4) is 0 Å². The molecule has 8 nitrogen and oxygen atoms in total. The third-order valence-electron chi connectivity index (χ3n) is 3.42. The van der Waals surface area contributed by atoms with Crippen molar-refractivity contribution >= 4 is 18.1 Å². The van der Waals surface area contributed by atoms with Crippen molar-refractivity contribution in [1.82, 2.24) is 0 Å². The lowest BCUT2D eigenvalue weighted by atomic mass is 10.2. The summed E-state index contributed by atoms with van der Waals surface area (Å²) < 4.78 is 14.8. The maximum absolute atomic E-state index is 12.2. The van der Waals surface area contributed by atoms with Crippen LogP contribution in [0.25, 0.3) is 0 Å². The summed E-state index contributed by atoms with van der Waals surface area (Å²) in [5, 5.41) is 0. The van der Waals surface area contributed by atoms with Crippen molar-refractivity contribution in [2.24, 2.45) is 0 Å². The van der Waals surface area contributed by atoms with E-state index in [0.29, 0.717) is 0 Å². The first-order valence-corrected chi connectivity index (χ1v) is 8.61. The number of unbranched alkanes of at least 4 members (excludes halogenated alkanes) is 1. The Hall–Kier alpha value is -3.55. The van der Waals surface area contributed by atoms with Crippen molar-refractivity contribution < 1.29 is 38.4 Å². The summed E-state index contributed by atoms with van der Waals surface area (Å²) in [7, 11) is 0. The minimum Gasteiger partial charge on any atom is -0.456 e. The zero-order valence-electron chi connectivity index (χ0n) is 15.3. The molecule has 2 aromatic rings. The molecule has 8 heteroatoms. The van der Waals surface area contributed by atoms with Crippen LogP contribution in [-0.4, -0.2) is 31.5 Å². The van der Waals surface area contributed by atoms with Gasteiger partial charge >= 0.3 is 18.1 Å². The van der Waals surface area contributed by atoms with Gasteiger partial charge in [0.05, 0.1) is 12.2 Å². The van der Waals surface area contributed by atoms with Gasteiger partial charge in [-0.15, -0.1) is 0 Å². The molecule has 0 aliphatic rings. The fraction of sp³-hybridized carbons (Fsp3) is 0.250. The van der Waals surface area contributed by atoms with E-state index in [1.54, 1.807) is 30.3 Å². The van der Waals surface area contributed by atoms with E-state index < -0.39 is 24.9 Å². The third-order valence-corrected chi connectivity index (χ3v) is 3.42. The Morgan fingerprint density at radius 3 is 2.25 bits per heavy atom. The summed E-state index contributed by atoms with van der Waals surface area (Å²) in [6.45, 7) is 1.76. The maximum Gasteiger partial charge on any atom is 0.511 e. The van der Waals surface area contributed by atoms with Crippen LogP contribution in [0.4, 0.5) is 4.79 Å². The predicted molar refractivity (Wildman–Crippen MR) is 96.6 cm³/mol. The zero-order chi connectivity index (χ0) is 20.2. The van der Waals surface area contributed by atoms with E-state index in [4.69, 9.17) is 14.2 Å². The second-order valence-corrected chi connectivity index (χ2v) is 5.46. The van der Waals surface area contributed by atoms with Crippen molar-refractivity contribution in [2.45, 2.75) is 19.8 Å². The molecule has 0 aliphatic carbocycles. The van der Waals surface area contributed by atoms with Crippen molar-refractivity contribution in [3.63, 3.8) is 0 Å². The van der Waals surface area contributed by atoms with Crippen molar-refractivity contribution in [1.29, 1.82) is 0 Å². The fourth-order valence-electron chi connectivity index (χ4n) is 1.99. The van der Waals surface area contributed by atoms with Crippen LogP contribution < -0.4 is 4.74 Å². The summed E-state index contributed by atoms with van der Waals surface area (Å²) in [5.74, 6) is -1.67. The molecule has 0 saturated heterocycles. The van der Waals surface area contributed by atoms with Crippen LogP contribution in [0.1, 0.15) is 40.5 Å². The maximum atomic E-state index is 12.2. The van der Waals surface area contributed by atoms with Gasteiger partial charge in [0.2, 0.25) is 6.79 Å². The molecular weight excluding hydrogens is 368 g/mol. The fourth-order valence-corrected chi connectivity index (χ4v) is 1.99. The minimum atomic E-state index is -0.939. The van der Waals surface area contributed by atoms with Gasteiger partial charge in [-0.2, -0.15) is 0 Å². The lowest BCUT2D eigenvalue weighted by Gasteiger charge is -2.10. The lowest BCUT2D eigenvalue weighted by Crippen LogP contribution is -2.15. The molecule has 0 bridgehead atoms. The number of carbonyl (C=O) groups excluding carboxylic acids is 3. The average molecular weight is 388 g/mol. The number of benzene rings is 2. The predicted octanol–water partition coefficient (Wildman–Crippen LogP) is 3.91. The highest BCUT2D eigenvalue weighted by atomic mass is 17.2. The van der Waals surface area contributed by atoms with E-state index in [1.807, 2.05) is 6.92 Å². The standard InChI is InChI=1S/C20H20O8/c1-2-3-13-24-20(23)26-14-25-17-12-8-7-11-16(17)19(22)28-27-18(21)15-9-5-4-6-10-15/h4-12H,2-3,13-14H2,1H3. The normalized spacial score (nSPS) is 9.89. The first kappa shape index (κ1) is 20.8. The number of ether oxygens (including phenoxy) is 3. The number of hydrogen-bond donors (Lipinski definition) is 0. The molecule has 0 aromatic heterocycles. The minimum absolute atomic E-state index is 0.00804. The highest BCUT2D eigenvalue weighted by molar-refractivity contribution is 5.94. The van der Waals surface area contributed by atoms with Crippen LogP contribution in [-0.2, 0) is 19.2 Å². The highest BCUT2D eigenvalue weighted by Gasteiger charge is 2.18. The van der Waals surface area contributed by atoms with Crippen LogP contribution in [0.15, 0.2) is 54.6 Å². The average Bonchev–Trinajstić information content (AvgIpc) is 2.73. The van der Waals surface area contributed by atoms with Gasteiger partial charge in [0.15, 0.2) is 0 Å². The first-order valence-electron chi connectivity index (χ1n) is 8.61. The Bertz CT molecular complexity index is 788. The Kier molecular flexibility index (Phi) is 8.32. The van der Waals surface area contributed by atoms with E-state index in [0.717, 1.165) is 12.8 Å².